The van der Waals surface area contributed by atoms with Crippen molar-refractivity contribution in [2.24, 2.45) is 7.05 Å². The number of benzene rings is 1. The quantitative estimate of drug-likeness (QED) is 0.569. The molecule has 1 unspecified atom stereocenters. The monoisotopic (exact) mass is 440 g/mol. The van der Waals surface area contributed by atoms with Crippen LogP contribution < -0.4 is 0 Å². The van der Waals surface area contributed by atoms with Crippen LogP contribution in [-0.4, -0.2) is 44.4 Å². The highest BCUT2D eigenvalue weighted by Crippen LogP contribution is 2.42. The van der Waals surface area contributed by atoms with Gasteiger partial charge in [-0.05, 0) is 57.2 Å². The SMILES string of the molecule is Cn1ccc(-c2cc(-c3ccc(F)cc3)ncc2C2(F)CCN(C(=O)OC(C)(C)C)C2)n1. The van der Waals surface area contributed by atoms with Crippen LogP contribution in [0.15, 0.2) is 48.8 Å². The second kappa shape index (κ2) is 8.00. The predicted octanol–water partition coefficient (Wildman–Crippen LogP) is 5.09. The van der Waals surface area contributed by atoms with E-state index in [0.29, 0.717) is 28.1 Å². The van der Waals surface area contributed by atoms with Gasteiger partial charge >= 0.3 is 6.09 Å². The van der Waals surface area contributed by atoms with E-state index >= 15 is 4.39 Å². The van der Waals surface area contributed by atoms with Gasteiger partial charge in [-0.15, -0.1) is 0 Å². The van der Waals surface area contributed by atoms with Crippen molar-refractivity contribution in [2.75, 3.05) is 13.1 Å². The Morgan fingerprint density at radius 2 is 1.88 bits per heavy atom. The van der Waals surface area contributed by atoms with Gasteiger partial charge in [-0.1, -0.05) is 0 Å². The number of carbonyl (C=O) groups is 1. The van der Waals surface area contributed by atoms with E-state index < -0.39 is 17.4 Å². The lowest BCUT2D eigenvalue weighted by Crippen LogP contribution is -2.37. The molecule has 3 heterocycles. The molecule has 3 aromatic rings. The summed E-state index contributed by atoms with van der Waals surface area (Å²) in [7, 11) is 1.79. The van der Waals surface area contributed by atoms with Crippen molar-refractivity contribution in [3.8, 4) is 22.5 Å². The average Bonchev–Trinajstić information content (AvgIpc) is 3.34. The number of aryl methyl sites for hydroxylation is 1. The molecule has 168 valence electrons. The molecule has 32 heavy (non-hydrogen) atoms. The lowest BCUT2D eigenvalue weighted by atomic mass is 9.90. The summed E-state index contributed by atoms with van der Waals surface area (Å²) in [6.07, 6.45) is 2.88. The first kappa shape index (κ1) is 21.9. The minimum Gasteiger partial charge on any atom is -0.444 e. The highest BCUT2D eigenvalue weighted by Gasteiger charge is 2.45. The topological polar surface area (TPSA) is 60.2 Å². The summed E-state index contributed by atoms with van der Waals surface area (Å²) in [5.41, 5.74) is 0.404. The predicted molar refractivity (Wildman–Crippen MR) is 117 cm³/mol. The number of rotatable bonds is 3. The zero-order valence-electron chi connectivity index (χ0n) is 18.6. The van der Waals surface area contributed by atoms with Crippen molar-refractivity contribution in [3.05, 3.63) is 60.2 Å². The second-order valence-electron chi connectivity index (χ2n) is 9.11. The van der Waals surface area contributed by atoms with Crippen LogP contribution in [0.1, 0.15) is 32.8 Å². The van der Waals surface area contributed by atoms with Gasteiger partial charge in [0, 0.05) is 49.1 Å². The molecule has 6 nitrogen and oxygen atoms in total. The number of ether oxygens (including phenoxy) is 1. The number of hydrogen-bond acceptors (Lipinski definition) is 4. The number of likely N-dealkylation sites (tertiary alicyclic amines) is 1. The van der Waals surface area contributed by atoms with Crippen LogP contribution in [0.4, 0.5) is 13.6 Å². The Morgan fingerprint density at radius 1 is 1.16 bits per heavy atom. The number of halogens is 2. The van der Waals surface area contributed by atoms with Crippen LogP contribution in [0, 0.1) is 5.82 Å². The Kier molecular flexibility index (Phi) is 5.48. The Hall–Kier alpha value is -3.29. The van der Waals surface area contributed by atoms with E-state index in [-0.39, 0.29) is 25.3 Å². The minimum absolute atomic E-state index is 0.126. The highest BCUT2D eigenvalue weighted by molar-refractivity contribution is 5.73. The van der Waals surface area contributed by atoms with Crippen molar-refractivity contribution in [3.63, 3.8) is 0 Å². The third kappa shape index (κ3) is 4.49. The van der Waals surface area contributed by atoms with E-state index in [4.69, 9.17) is 4.74 Å². The van der Waals surface area contributed by atoms with Crippen molar-refractivity contribution in [1.82, 2.24) is 19.7 Å². The van der Waals surface area contributed by atoms with E-state index in [1.807, 2.05) is 0 Å². The number of aromatic nitrogens is 3. The molecule has 0 bridgehead atoms. The number of alkyl halides is 1. The molecule has 1 atom stereocenters. The minimum atomic E-state index is -1.79. The molecule has 1 amide bonds. The third-order valence-corrected chi connectivity index (χ3v) is 5.39. The highest BCUT2D eigenvalue weighted by atomic mass is 19.1. The lowest BCUT2D eigenvalue weighted by molar-refractivity contribution is 0.0257. The molecule has 0 radical (unpaired) electrons. The molecule has 0 spiro atoms. The molecule has 8 heteroatoms. The molecule has 0 aliphatic carbocycles. The van der Waals surface area contributed by atoms with Crippen LogP contribution in [0.25, 0.3) is 22.5 Å². The van der Waals surface area contributed by atoms with E-state index in [2.05, 4.69) is 10.1 Å². The Morgan fingerprint density at radius 3 is 2.50 bits per heavy atom. The second-order valence-corrected chi connectivity index (χ2v) is 9.11. The Labute approximate surface area is 185 Å². The summed E-state index contributed by atoms with van der Waals surface area (Å²) >= 11 is 0. The average molecular weight is 440 g/mol. The summed E-state index contributed by atoms with van der Waals surface area (Å²) in [5.74, 6) is -0.341. The van der Waals surface area contributed by atoms with E-state index in [1.165, 1.54) is 23.2 Å². The maximum Gasteiger partial charge on any atom is 0.410 e. The fraction of sp³-hybridized carbons (Fsp3) is 0.375. The molecule has 4 rings (SSSR count). The van der Waals surface area contributed by atoms with Gasteiger partial charge < -0.3 is 9.64 Å². The third-order valence-electron chi connectivity index (χ3n) is 5.39. The standard InChI is InChI=1S/C24H26F2N4O2/c1-23(2,3)32-22(31)30-12-10-24(26,15-30)19-14-27-21(16-5-7-17(25)8-6-16)13-18(19)20-9-11-29(4)28-20/h5-9,11,13-14H,10,12,15H2,1-4H3. The smallest absolute Gasteiger partial charge is 0.410 e. The molecule has 1 aromatic carbocycles. The molecule has 1 aliphatic rings. The Bertz CT molecular complexity index is 1140. The fourth-order valence-electron chi connectivity index (χ4n) is 3.84. The molecular formula is C24H26F2N4O2. The zero-order chi connectivity index (χ0) is 23.1. The largest absolute Gasteiger partial charge is 0.444 e. The van der Waals surface area contributed by atoms with Crippen LogP contribution in [0.3, 0.4) is 0 Å². The zero-order valence-corrected chi connectivity index (χ0v) is 18.6. The first-order valence-corrected chi connectivity index (χ1v) is 10.5. The molecule has 0 N–H and O–H groups in total. The van der Waals surface area contributed by atoms with Gasteiger partial charge in [-0.25, -0.2) is 13.6 Å². The van der Waals surface area contributed by atoms with Crippen LogP contribution in [0.5, 0.6) is 0 Å². The number of amides is 1. The maximum absolute atomic E-state index is 16.3. The molecule has 1 saturated heterocycles. The number of pyridine rings is 1. The van der Waals surface area contributed by atoms with Crippen molar-refractivity contribution in [1.29, 1.82) is 0 Å². The van der Waals surface area contributed by atoms with Crippen LogP contribution >= 0.6 is 0 Å². The van der Waals surface area contributed by atoms with Gasteiger partial charge in [0.2, 0.25) is 0 Å². The van der Waals surface area contributed by atoms with E-state index in [0.717, 1.165) is 0 Å². The summed E-state index contributed by atoms with van der Waals surface area (Å²) < 4.78 is 36.7. The summed E-state index contributed by atoms with van der Waals surface area (Å²) in [4.78, 5) is 18.3. The fourth-order valence-corrected chi connectivity index (χ4v) is 3.84. The number of carbonyl (C=O) groups excluding carboxylic acids is 1. The van der Waals surface area contributed by atoms with Gasteiger partial charge in [0.15, 0.2) is 5.67 Å². The summed E-state index contributed by atoms with van der Waals surface area (Å²) in [6, 6.07) is 9.55. The Balaban J connectivity index is 1.72. The summed E-state index contributed by atoms with van der Waals surface area (Å²) in [6.45, 7) is 5.45. The molecule has 2 aromatic heterocycles. The van der Waals surface area contributed by atoms with Crippen LogP contribution in [0.2, 0.25) is 0 Å². The van der Waals surface area contributed by atoms with Crippen molar-refractivity contribution >= 4 is 6.09 Å². The normalized spacial score (nSPS) is 18.8. The number of hydrogen-bond donors (Lipinski definition) is 0. The van der Waals surface area contributed by atoms with Crippen molar-refractivity contribution < 1.29 is 18.3 Å². The maximum atomic E-state index is 16.3. The molecular weight excluding hydrogens is 414 g/mol. The summed E-state index contributed by atoms with van der Waals surface area (Å²) in [5, 5.41) is 4.45. The lowest BCUT2D eigenvalue weighted by Gasteiger charge is -2.26. The van der Waals surface area contributed by atoms with Gasteiger partial charge in [-0.2, -0.15) is 5.10 Å². The number of nitrogens with zero attached hydrogens (tertiary/aromatic N) is 4. The molecule has 1 fully saturated rings. The van der Waals surface area contributed by atoms with Gasteiger partial charge in [0.25, 0.3) is 0 Å². The molecule has 0 saturated carbocycles. The van der Waals surface area contributed by atoms with E-state index in [1.54, 1.807) is 63.0 Å². The van der Waals surface area contributed by atoms with E-state index in [9.17, 15) is 9.18 Å². The van der Waals surface area contributed by atoms with Gasteiger partial charge in [0.05, 0.1) is 17.9 Å². The van der Waals surface area contributed by atoms with Crippen LogP contribution in [-0.2, 0) is 17.5 Å². The first-order valence-electron chi connectivity index (χ1n) is 10.5. The van der Waals surface area contributed by atoms with Gasteiger partial charge in [-0.3, -0.25) is 9.67 Å². The molecule has 1 aliphatic heterocycles. The van der Waals surface area contributed by atoms with Gasteiger partial charge in [0.1, 0.15) is 11.4 Å². The van der Waals surface area contributed by atoms with Crippen molar-refractivity contribution in [2.45, 2.75) is 38.5 Å². The first-order chi connectivity index (χ1) is 15.0.